The molecule has 0 aliphatic carbocycles. The van der Waals surface area contributed by atoms with Crippen LogP contribution in [0.3, 0.4) is 0 Å². The van der Waals surface area contributed by atoms with Crippen molar-refractivity contribution in [1.29, 1.82) is 0 Å². The first kappa shape index (κ1) is 15.9. The maximum Gasteiger partial charge on any atom is 0.257 e. The summed E-state index contributed by atoms with van der Waals surface area (Å²) >= 11 is 1.36. The molecule has 5 nitrogen and oxygen atoms in total. The Kier molecular flexibility index (Phi) is 4.67. The van der Waals surface area contributed by atoms with E-state index < -0.39 is 0 Å². The summed E-state index contributed by atoms with van der Waals surface area (Å²) in [5.41, 5.74) is 2.82. The Morgan fingerprint density at radius 2 is 1.46 bits per heavy atom. The minimum absolute atomic E-state index is 0.185. The number of thiazole rings is 1. The van der Waals surface area contributed by atoms with Crippen molar-refractivity contribution in [3.05, 3.63) is 76.8 Å². The fourth-order valence-corrected chi connectivity index (χ4v) is 2.59. The van der Waals surface area contributed by atoms with Crippen molar-refractivity contribution in [3.63, 3.8) is 0 Å². The van der Waals surface area contributed by atoms with Crippen LogP contribution in [-0.2, 0) is 0 Å². The van der Waals surface area contributed by atoms with Gasteiger partial charge in [-0.3, -0.25) is 14.9 Å². The minimum atomic E-state index is -0.235. The Morgan fingerprint density at radius 3 is 2.04 bits per heavy atom. The number of amides is 2. The molecule has 0 bridgehead atoms. The second kappa shape index (κ2) is 7.06. The summed E-state index contributed by atoms with van der Waals surface area (Å²) in [7, 11) is 0. The highest BCUT2D eigenvalue weighted by Crippen LogP contribution is 2.15. The Balaban J connectivity index is 1.64. The highest BCUT2D eigenvalue weighted by atomic mass is 32.1. The van der Waals surface area contributed by atoms with E-state index in [1.165, 1.54) is 11.3 Å². The average Bonchev–Trinajstić information content (AvgIpc) is 3.09. The second-order valence-electron chi connectivity index (χ2n) is 5.19. The zero-order valence-corrected chi connectivity index (χ0v) is 13.8. The van der Waals surface area contributed by atoms with Crippen LogP contribution in [0.2, 0.25) is 0 Å². The van der Waals surface area contributed by atoms with Gasteiger partial charge in [0.15, 0.2) is 5.13 Å². The number of anilines is 2. The lowest BCUT2D eigenvalue weighted by atomic mass is 10.1. The van der Waals surface area contributed by atoms with Gasteiger partial charge in [-0.2, -0.15) is 0 Å². The summed E-state index contributed by atoms with van der Waals surface area (Å²) in [4.78, 5) is 28.2. The molecule has 2 N–H and O–H groups in total. The van der Waals surface area contributed by atoms with Crippen molar-refractivity contribution in [2.45, 2.75) is 6.92 Å². The van der Waals surface area contributed by atoms with Gasteiger partial charge in [0, 0.05) is 28.4 Å². The predicted octanol–water partition coefficient (Wildman–Crippen LogP) is 3.96. The van der Waals surface area contributed by atoms with E-state index in [2.05, 4.69) is 15.6 Å². The first-order valence-corrected chi connectivity index (χ1v) is 8.19. The molecule has 0 fully saturated rings. The van der Waals surface area contributed by atoms with Crippen LogP contribution < -0.4 is 10.6 Å². The molecular formula is C18H15N3O2S. The van der Waals surface area contributed by atoms with Gasteiger partial charge < -0.3 is 5.32 Å². The number of carbonyl (C=O) groups excluding carboxylic acids is 2. The van der Waals surface area contributed by atoms with Crippen molar-refractivity contribution in [3.8, 4) is 0 Å². The number of benzene rings is 2. The fraction of sp³-hybridized carbons (Fsp3) is 0.0556. The van der Waals surface area contributed by atoms with Gasteiger partial charge in [0.1, 0.15) is 0 Å². The summed E-state index contributed by atoms with van der Waals surface area (Å²) in [6.07, 6.45) is 1.63. The Hall–Kier alpha value is -2.99. The van der Waals surface area contributed by atoms with E-state index in [1.807, 2.05) is 19.1 Å². The summed E-state index contributed by atoms with van der Waals surface area (Å²) in [6.45, 7) is 1.97. The maximum absolute atomic E-state index is 12.2. The van der Waals surface area contributed by atoms with Gasteiger partial charge in [0.05, 0.1) is 0 Å². The van der Waals surface area contributed by atoms with E-state index in [1.54, 1.807) is 48.0 Å². The lowest BCUT2D eigenvalue weighted by molar-refractivity contribution is 0.102. The van der Waals surface area contributed by atoms with Crippen LogP contribution in [0.25, 0.3) is 0 Å². The molecule has 0 atom stereocenters. The number of aromatic nitrogens is 1. The zero-order valence-electron chi connectivity index (χ0n) is 12.9. The third-order valence-electron chi connectivity index (χ3n) is 3.37. The number of carbonyl (C=O) groups is 2. The molecule has 0 aliphatic rings. The minimum Gasteiger partial charge on any atom is -0.322 e. The van der Waals surface area contributed by atoms with Crippen molar-refractivity contribution in [2.24, 2.45) is 0 Å². The summed E-state index contributed by atoms with van der Waals surface area (Å²) in [5.74, 6) is -0.420. The molecule has 6 heteroatoms. The number of rotatable bonds is 4. The van der Waals surface area contributed by atoms with Crippen LogP contribution in [0.5, 0.6) is 0 Å². The Labute approximate surface area is 143 Å². The van der Waals surface area contributed by atoms with E-state index in [9.17, 15) is 9.59 Å². The number of nitrogens with one attached hydrogen (secondary N) is 2. The Bertz CT molecular complexity index is 841. The molecule has 0 unspecified atom stereocenters. The van der Waals surface area contributed by atoms with Crippen LogP contribution in [0.1, 0.15) is 26.3 Å². The molecule has 0 aliphatic heterocycles. The van der Waals surface area contributed by atoms with Crippen LogP contribution in [0.15, 0.2) is 60.1 Å². The van der Waals surface area contributed by atoms with Crippen molar-refractivity contribution in [2.75, 3.05) is 10.6 Å². The lowest BCUT2D eigenvalue weighted by Gasteiger charge is -2.07. The molecular weight excluding hydrogens is 322 g/mol. The van der Waals surface area contributed by atoms with Gasteiger partial charge in [-0.15, -0.1) is 11.3 Å². The molecule has 120 valence electrons. The Morgan fingerprint density at radius 1 is 0.875 bits per heavy atom. The van der Waals surface area contributed by atoms with Crippen LogP contribution >= 0.6 is 11.3 Å². The smallest absolute Gasteiger partial charge is 0.257 e. The number of hydrogen-bond donors (Lipinski definition) is 2. The normalized spacial score (nSPS) is 10.2. The zero-order chi connectivity index (χ0) is 16.9. The topological polar surface area (TPSA) is 71.1 Å². The molecule has 0 saturated heterocycles. The maximum atomic E-state index is 12.2. The molecule has 1 heterocycles. The quantitative estimate of drug-likeness (QED) is 0.757. The largest absolute Gasteiger partial charge is 0.322 e. The van der Waals surface area contributed by atoms with Gasteiger partial charge >= 0.3 is 0 Å². The predicted molar refractivity (Wildman–Crippen MR) is 95.6 cm³/mol. The van der Waals surface area contributed by atoms with Gasteiger partial charge in [-0.1, -0.05) is 17.7 Å². The third kappa shape index (κ3) is 3.85. The standard InChI is InChI=1S/C18H15N3O2S/c1-12-2-4-13(5-3-12)16(22)20-15-8-6-14(7-9-15)17(23)21-18-19-10-11-24-18/h2-11H,1H3,(H,20,22)(H,19,21,23). The van der Waals surface area contributed by atoms with E-state index >= 15 is 0 Å². The summed E-state index contributed by atoms with van der Waals surface area (Å²) in [6, 6.07) is 14.1. The average molecular weight is 337 g/mol. The van der Waals surface area contributed by atoms with E-state index in [0.29, 0.717) is 21.9 Å². The molecule has 0 radical (unpaired) electrons. The first-order chi connectivity index (χ1) is 11.6. The fourth-order valence-electron chi connectivity index (χ4n) is 2.07. The van der Waals surface area contributed by atoms with E-state index in [4.69, 9.17) is 0 Å². The molecule has 2 amide bonds. The van der Waals surface area contributed by atoms with Crippen LogP contribution in [0.4, 0.5) is 10.8 Å². The van der Waals surface area contributed by atoms with Crippen LogP contribution in [-0.4, -0.2) is 16.8 Å². The molecule has 3 rings (SSSR count). The molecule has 24 heavy (non-hydrogen) atoms. The first-order valence-electron chi connectivity index (χ1n) is 7.31. The molecule has 2 aromatic carbocycles. The second-order valence-corrected chi connectivity index (χ2v) is 6.08. The van der Waals surface area contributed by atoms with Gasteiger partial charge in [-0.25, -0.2) is 4.98 Å². The molecule has 3 aromatic rings. The van der Waals surface area contributed by atoms with Crippen molar-refractivity contribution >= 4 is 34.0 Å². The summed E-state index contributed by atoms with van der Waals surface area (Å²) < 4.78 is 0. The van der Waals surface area contributed by atoms with Crippen molar-refractivity contribution in [1.82, 2.24) is 4.98 Å². The van der Waals surface area contributed by atoms with E-state index in [-0.39, 0.29) is 11.8 Å². The third-order valence-corrected chi connectivity index (χ3v) is 4.06. The van der Waals surface area contributed by atoms with Gasteiger partial charge in [0.25, 0.3) is 11.8 Å². The lowest BCUT2D eigenvalue weighted by Crippen LogP contribution is -2.13. The number of hydrogen-bond acceptors (Lipinski definition) is 4. The SMILES string of the molecule is Cc1ccc(C(=O)Nc2ccc(C(=O)Nc3nccs3)cc2)cc1. The molecule has 0 saturated carbocycles. The van der Waals surface area contributed by atoms with Gasteiger partial charge in [-0.05, 0) is 43.3 Å². The van der Waals surface area contributed by atoms with Crippen LogP contribution in [0, 0.1) is 6.92 Å². The number of aryl methyl sites for hydroxylation is 1. The molecule has 1 aromatic heterocycles. The van der Waals surface area contributed by atoms with Crippen molar-refractivity contribution < 1.29 is 9.59 Å². The summed E-state index contributed by atoms with van der Waals surface area (Å²) in [5, 5.41) is 7.86. The van der Waals surface area contributed by atoms with E-state index in [0.717, 1.165) is 5.56 Å². The highest BCUT2D eigenvalue weighted by Gasteiger charge is 2.09. The molecule has 0 spiro atoms. The number of nitrogens with zero attached hydrogens (tertiary/aromatic N) is 1. The monoisotopic (exact) mass is 337 g/mol. The highest BCUT2D eigenvalue weighted by molar-refractivity contribution is 7.13. The van der Waals surface area contributed by atoms with Gasteiger partial charge in [0.2, 0.25) is 0 Å².